The molecule has 0 unspecified atom stereocenters. The summed E-state index contributed by atoms with van der Waals surface area (Å²) in [5.74, 6) is -1.41. The fraction of sp³-hybridized carbons (Fsp3) is 0.600. The molecule has 4 rings (SSSR count). The molecule has 3 aliphatic rings. The van der Waals surface area contributed by atoms with Crippen molar-refractivity contribution in [2.45, 2.75) is 38.2 Å². The number of fused-ring (bicyclic) bond motifs is 1. The van der Waals surface area contributed by atoms with Crippen LogP contribution in [0.1, 0.15) is 32.1 Å². The number of aliphatic hydroxyl groups excluding tert-OH is 1. The predicted molar refractivity (Wildman–Crippen MR) is 99.9 cm³/mol. The van der Waals surface area contributed by atoms with Gasteiger partial charge in [0, 0.05) is 37.8 Å². The molecule has 2 saturated heterocycles. The van der Waals surface area contributed by atoms with E-state index in [1.165, 1.54) is 17.4 Å². The zero-order valence-corrected chi connectivity index (χ0v) is 15.4. The Kier molecular flexibility index (Phi) is 5.04. The quantitative estimate of drug-likeness (QED) is 0.776. The van der Waals surface area contributed by atoms with Crippen molar-refractivity contribution in [3.63, 3.8) is 0 Å². The Morgan fingerprint density at radius 2 is 1.89 bits per heavy atom. The first-order chi connectivity index (χ1) is 13.0. The van der Waals surface area contributed by atoms with Crippen LogP contribution in [-0.2, 0) is 9.59 Å². The van der Waals surface area contributed by atoms with Crippen LogP contribution in [0.25, 0.3) is 0 Å². The van der Waals surface area contributed by atoms with Crippen molar-refractivity contribution in [3.05, 3.63) is 24.0 Å². The van der Waals surface area contributed by atoms with Crippen LogP contribution in [0.5, 0.6) is 0 Å². The van der Waals surface area contributed by atoms with Gasteiger partial charge in [0.05, 0.1) is 11.8 Å². The SMILES string of the molecule is O=C(Nc1ccc(N2CCCCC2)c(F)c1)C(=O)N1C[C@H]2CC[C@@H](O)[C@H]2C1. The summed E-state index contributed by atoms with van der Waals surface area (Å²) >= 11 is 0. The van der Waals surface area contributed by atoms with Gasteiger partial charge in [0.2, 0.25) is 0 Å². The summed E-state index contributed by atoms with van der Waals surface area (Å²) in [6.07, 6.45) is 4.56. The van der Waals surface area contributed by atoms with Crippen molar-refractivity contribution in [2.75, 3.05) is 36.4 Å². The molecule has 0 radical (unpaired) electrons. The number of carbonyl (C=O) groups is 2. The Morgan fingerprint density at radius 3 is 2.59 bits per heavy atom. The molecule has 6 nitrogen and oxygen atoms in total. The largest absolute Gasteiger partial charge is 0.393 e. The Balaban J connectivity index is 1.38. The zero-order valence-electron chi connectivity index (χ0n) is 15.4. The van der Waals surface area contributed by atoms with Gasteiger partial charge in [-0.25, -0.2) is 4.39 Å². The standard InChI is InChI=1S/C20H26FN3O3/c21-16-10-14(5-6-17(16)23-8-2-1-3-9-23)22-19(26)20(27)24-11-13-4-7-18(25)15(13)12-24/h5-6,10,13,15,18,25H,1-4,7-9,11-12H2,(H,22,26)/t13-,15+,18-/m1/s1. The third-order valence-corrected chi connectivity index (χ3v) is 6.20. The number of rotatable bonds is 2. The van der Waals surface area contributed by atoms with E-state index in [1.807, 2.05) is 4.90 Å². The molecular formula is C20H26FN3O3. The fourth-order valence-corrected chi connectivity index (χ4v) is 4.71. The summed E-state index contributed by atoms with van der Waals surface area (Å²) < 4.78 is 14.5. The number of piperidine rings is 1. The number of benzene rings is 1. The summed E-state index contributed by atoms with van der Waals surface area (Å²) in [6.45, 7) is 2.60. The van der Waals surface area contributed by atoms with Gasteiger partial charge >= 0.3 is 11.8 Å². The highest BCUT2D eigenvalue weighted by molar-refractivity contribution is 6.39. The first-order valence-corrected chi connectivity index (χ1v) is 9.86. The minimum atomic E-state index is -0.755. The smallest absolute Gasteiger partial charge is 0.313 e. The van der Waals surface area contributed by atoms with Gasteiger partial charge in [0.25, 0.3) is 0 Å². The van der Waals surface area contributed by atoms with E-state index in [2.05, 4.69) is 5.32 Å². The lowest BCUT2D eigenvalue weighted by Crippen LogP contribution is -2.39. The number of nitrogens with zero attached hydrogens (tertiary/aromatic N) is 2. The molecule has 2 N–H and O–H groups in total. The number of hydrogen-bond acceptors (Lipinski definition) is 4. The van der Waals surface area contributed by atoms with Gasteiger partial charge in [0.1, 0.15) is 5.82 Å². The van der Waals surface area contributed by atoms with Crippen molar-refractivity contribution in [2.24, 2.45) is 11.8 Å². The Morgan fingerprint density at radius 1 is 1.11 bits per heavy atom. The monoisotopic (exact) mass is 375 g/mol. The lowest BCUT2D eigenvalue weighted by molar-refractivity contribution is -0.142. The number of amides is 2. The maximum Gasteiger partial charge on any atom is 0.313 e. The third kappa shape index (κ3) is 3.65. The Bertz CT molecular complexity index is 735. The van der Waals surface area contributed by atoms with Crippen molar-refractivity contribution in [1.29, 1.82) is 0 Å². The van der Waals surface area contributed by atoms with Gasteiger partial charge in [-0.3, -0.25) is 9.59 Å². The molecule has 1 aromatic rings. The van der Waals surface area contributed by atoms with Crippen LogP contribution < -0.4 is 10.2 Å². The van der Waals surface area contributed by atoms with Gasteiger partial charge in [0.15, 0.2) is 0 Å². The first-order valence-electron chi connectivity index (χ1n) is 9.86. The second-order valence-corrected chi connectivity index (χ2v) is 7.95. The molecule has 2 amide bonds. The molecule has 0 spiro atoms. The van der Waals surface area contributed by atoms with Crippen molar-refractivity contribution in [1.82, 2.24) is 4.90 Å². The normalized spacial score (nSPS) is 27.6. The molecule has 3 fully saturated rings. The van der Waals surface area contributed by atoms with Crippen molar-refractivity contribution in [3.8, 4) is 0 Å². The minimum Gasteiger partial charge on any atom is -0.393 e. The van der Waals surface area contributed by atoms with E-state index >= 15 is 0 Å². The summed E-state index contributed by atoms with van der Waals surface area (Å²) in [4.78, 5) is 28.2. The van der Waals surface area contributed by atoms with E-state index in [0.717, 1.165) is 38.8 Å². The molecule has 1 aromatic carbocycles. The lowest BCUT2D eigenvalue weighted by atomic mass is 10.00. The minimum absolute atomic E-state index is 0.0722. The Hall–Kier alpha value is -2.15. The predicted octanol–water partition coefficient (Wildman–Crippen LogP) is 1.98. The molecule has 1 saturated carbocycles. The van der Waals surface area contributed by atoms with E-state index in [9.17, 15) is 19.1 Å². The van der Waals surface area contributed by atoms with Crippen LogP contribution in [0.3, 0.4) is 0 Å². The molecule has 146 valence electrons. The van der Waals surface area contributed by atoms with Gasteiger partial charge < -0.3 is 20.2 Å². The van der Waals surface area contributed by atoms with Gasteiger partial charge in [-0.2, -0.15) is 0 Å². The van der Waals surface area contributed by atoms with E-state index in [0.29, 0.717) is 18.8 Å². The van der Waals surface area contributed by atoms with Gasteiger partial charge in [-0.05, 0) is 56.2 Å². The van der Waals surface area contributed by atoms with Crippen molar-refractivity contribution >= 4 is 23.2 Å². The molecule has 2 aliphatic heterocycles. The lowest BCUT2D eigenvalue weighted by Gasteiger charge is -2.29. The van der Waals surface area contributed by atoms with E-state index in [4.69, 9.17) is 0 Å². The number of carbonyl (C=O) groups excluding carboxylic acids is 2. The van der Waals surface area contributed by atoms with Crippen molar-refractivity contribution < 1.29 is 19.1 Å². The molecule has 2 heterocycles. The van der Waals surface area contributed by atoms with Crippen LogP contribution in [0.2, 0.25) is 0 Å². The summed E-state index contributed by atoms with van der Waals surface area (Å²) in [7, 11) is 0. The molecular weight excluding hydrogens is 349 g/mol. The first kappa shape index (κ1) is 18.2. The average Bonchev–Trinajstić information content (AvgIpc) is 3.24. The highest BCUT2D eigenvalue weighted by Gasteiger charge is 2.44. The van der Waals surface area contributed by atoms with Crippen LogP contribution >= 0.6 is 0 Å². The van der Waals surface area contributed by atoms with E-state index < -0.39 is 11.8 Å². The average molecular weight is 375 g/mol. The van der Waals surface area contributed by atoms with Gasteiger partial charge in [-0.15, -0.1) is 0 Å². The van der Waals surface area contributed by atoms with E-state index in [-0.39, 0.29) is 29.4 Å². The highest BCUT2D eigenvalue weighted by atomic mass is 19.1. The summed E-state index contributed by atoms with van der Waals surface area (Å²) in [5, 5.41) is 12.5. The number of likely N-dealkylation sites (tertiary alicyclic amines) is 1. The van der Waals surface area contributed by atoms with Crippen LogP contribution in [0.15, 0.2) is 18.2 Å². The number of halogens is 1. The molecule has 27 heavy (non-hydrogen) atoms. The summed E-state index contributed by atoms with van der Waals surface area (Å²) in [6, 6.07) is 4.58. The zero-order chi connectivity index (χ0) is 19.0. The fourth-order valence-electron chi connectivity index (χ4n) is 4.71. The number of aliphatic hydroxyl groups is 1. The molecule has 1 aliphatic carbocycles. The third-order valence-electron chi connectivity index (χ3n) is 6.20. The molecule has 3 atom stereocenters. The maximum absolute atomic E-state index is 14.5. The molecule has 7 heteroatoms. The van der Waals surface area contributed by atoms with Gasteiger partial charge in [-0.1, -0.05) is 0 Å². The number of nitrogens with one attached hydrogen (secondary N) is 1. The topological polar surface area (TPSA) is 72.9 Å². The van der Waals surface area contributed by atoms with Crippen LogP contribution in [0.4, 0.5) is 15.8 Å². The van der Waals surface area contributed by atoms with Crippen LogP contribution in [0, 0.1) is 17.7 Å². The molecule has 0 bridgehead atoms. The number of hydrogen-bond donors (Lipinski definition) is 2. The second-order valence-electron chi connectivity index (χ2n) is 7.95. The molecule has 0 aromatic heterocycles. The Labute approximate surface area is 158 Å². The summed E-state index contributed by atoms with van der Waals surface area (Å²) in [5.41, 5.74) is 0.825. The van der Waals surface area contributed by atoms with E-state index in [1.54, 1.807) is 12.1 Å². The number of anilines is 2. The second kappa shape index (κ2) is 7.46. The maximum atomic E-state index is 14.5. The van der Waals surface area contributed by atoms with Crippen LogP contribution in [-0.4, -0.2) is 54.1 Å². The highest BCUT2D eigenvalue weighted by Crippen LogP contribution is 2.38.